The van der Waals surface area contributed by atoms with E-state index >= 15 is 0 Å². The smallest absolute Gasteiger partial charge is 0.224 e. The summed E-state index contributed by atoms with van der Waals surface area (Å²) in [5.41, 5.74) is 6.92. The number of carbonyl (C=O) groups excluding carboxylic acids is 1. The topological polar surface area (TPSA) is 88.1 Å². The van der Waals surface area contributed by atoms with E-state index < -0.39 is 5.54 Å². The molecule has 0 aromatic heterocycles. The molecule has 5 nitrogen and oxygen atoms in total. The summed E-state index contributed by atoms with van der Waals surface area (Å²) in [6.45, 7) is 2.24. The fourth-order valence-corrected chi connectivity index (χ4v) is 2.13. The molecule has 1 aromatic carbocycles. The average Bonchev–Trinajstić information content (AvgIpc) is 2.43. The second-order valence-electron chi connectivity index (χ2n) is 5.35. The highest BCUT2D eigenvalue weighted by Gasteiger charge is 2.17. The number of rotatable bonds is 5. The SMILES string of the molecule is CC(N)(C#N)CCCOc1ccc2c(c1)CCC(=O)N2. The highest BCUT2D eigenvalue weighted by atomic mass is 16.5. The van der Waals surface area contributed by atoms with Gasteiger partial charge in [-0.05, 0) is 49.9 Å². The minimum Gasteiger partial charge on any atom is -0.494 e. The predicted molar refractivity (Wildman–Crippen MR) is 76.3 cm³/mol. The fourth-order valence-electron chi connectivity index (χ4n) is 2.13. The van der Waals surface area contributed by atoms with Crippen LogP contribution in [0.25, 0.3) is 0 Å². The van der Waals surface area contributed by atoms with Crippen molar-refractivity contribution in [2.45, 2.75) is 38.1 Å². The maximum Gasteiger partial charge on any atom is 0.224 e. The van der Waals surface area contributed by atoms with Crippen molar-refractivity contribution in [3.63, 3.8) is 0 Å². The molecule has 0 radical (unpaired) electrons. The van der Waals surface area contributed by atoms with E-state index in [2.05, 4.69) is 11.4 Å². The summed E-state index contributed by atoms with van der Waals surface area (Å²) in [6.07, 6.45) is 2.59. The van der Waals surface area contributed by atoms with E-state index in [1.807, 2.05) is 18.2 Å². The Morgan fingerprint density at radius 2 is 2.30 bits per heavy atom. The lowest BCUT2D eigenvalue weighted by Crippen LogP contribution is -2.34. The number of ether oxygens (including phenoxy) is 1. The van der Waals surface area contributed by atoms with Gasteiger partial charge >= 0.3 is 0 Å². The molecule has 106 valence electrons. The molecular weight excluding hydrogens is 254 g/mol. The monoisotopic (exact) mass is 273 g/mol. The molecule has 1 unspecified atom stereocenters. The molecule has 1 aliphatic rings. The van der Waals surface area contributed by atoms with Crippen molar-refractivity contribution in [2.75, 3.05) is 11.9 Å². The van der Waals surface area contributed by atoms with Crippen LogP contribution in [0.4, 0.5) is 5.69 Å². The third kappa shape index (κ3) is 3.72. The van der Waals surface area contributed by atoms with Gasteiger partial charge in [-0.15, -0.1) is 0 Å². The van der Waals surface area contributed by atoms with Crippen LogP contribution in [0.3, 0.4) is 0 Å². The van der Waals surface area contributed by atoms with Gasteiger partial charge in [-0.3, -0.25) is 4.79 Å². The van der Waals surface area contributed by atoms with Crippen LogP contribution in [0, 0.1) is 11.3 Å². The molecule has 0 aliphatic carbocycles. The zero-order valence-electron chi connectivity index (χ0n) is 11.6. The van der Waals surface area contributed by atoms with E-state index in [1.165, 1.54) is 0 Å². The number of nitrogens with one attached hydrogen (secondary N) is 1. The number of fused-ring (bicyclic) bond motifs is 1. The number of anilines is 1. The summed E-state index contributed by atoms with van der Waals surface area (Å²) in [5.74, 6) is 0.848. The van der Waals surface area contributed by atoms with Crippen LogP contribution in [0.15, 0.2) is 18.2 Å². The molecule has 20 heavy (non-hydrogen) atoms. The summed E-state index contributed by atoms with van der Waals surface area (Å²) in [7, 11) is 0. The lowest BCUT2D eigenvalue weighted by Gasteiger charge is -2.18. The molecule has 1 heterocycles. The normalized spacial score (nSPS) is 16.6. The minimum absolute atomic E-state index is 0.0601. The van der Waals surface area contributed by atoms with Crippen molar-refractivity contribution in [3.8, 4) is 11.8 Å². The van der Waals surface area contributed by atoms with Crippen LogP contribution in [-0.2, 0) is 11.2 Å². The Kier molecular flexibility index (Phi) is 4.26. The van der Waals surface area contributed by atoms with Gasteiger partial charge in [0.25, 0.3) is 0 Å². The van der Waals surface area contributed by atoms with Crippen molar-refractivity contribution in [2.24, 2.45) is 5.73 Å². The summed E-state index contributed by atoms with van der Waals surface area (Å²) in [4.78, 5) is 11.3. The number of hydrogen-bond donors (Lipinski definition) is 2. The van der Waals surface area contributed by atoms with Gasteiger partial charge < -0.3 is 15.8 Å². The third-order valence-electron chi connectivity index (χ3n) is 3.34. The van der Waals surface area contributed by atoms with Crippen molar-refractivity contribution >= 4 is 11.6 Å². The molecule has 5 heteroatoms. The summed E-state index contributed by atoms with van der Waals surface area (Å²) in [6, 6.07) is 7.73. The lowest BCUT2D eigenvalue weighted by molar-refractivity contribution is -0.116. The third-order valence-corrected chi connectivity index (χ3v) is 3.34. The van der Waals surface area contributed by atoms with Crippen molar-refractivity contribution in [1.29, 1.82) is 5.26 Å². The second kappa shape index (κ2) is 5.93. The minimum atomic E-state index is -0.788. The molecule has 1 aromatic rings. The van der Waals surface area contributed by atoms with Gasteiger partial charge in [0.1, 0.15) is 11.3 Å². The maximum absolute atomic E-state index is 11.3. The largest absolute Gasteiger partial charge is 0.494 e. The molecule has 0 spiro atoms. The number of hydrogen-bond acceptors (Lipinski definition) is 4. The lowest BCUT2D eigenvalue weighted by atomic mass is 10.00. The summed E-state index contributed by atoms with van der Waals surface area (Å²) >= 11 is 0. The number of aryl methyl sites for hydroxylation is 1. The first-order valence-corrected chi connectivity index (χ1v) is 6.76. The number of nitrogens with two attached hydrogens (primary N) is 1. The number of nitrogens with zero attached hydrogens (tertiary/aromatic N) is 1. The van der Waals surface area contributed by atoms with Crippen LogP contribution >= 0.6 is 0 Å². The van der Waals surface area contributed by atoms with E-state index in [0.717, 1.165) is 29.8 Å². The molecule has 0 bridgehead atoms. The molecule has 2 rings (SSSR count). The summed E-state index contributed by atoms with van der Waals surface area (Å²) < 4.78 is 5.66. The molecule has 0 saturated carbocycles. The molecule has 0 fully saturated rings. The van der Waals surface area contributed by atoms with Crippen LogP contribution in [0.1, 0.15) is 31.7 Å². The first-order chi connectivity index (χ1) is 9.50. The Bertz CT molecular complexity index is 547. The van der Waals surface area contributed by atoms with Crippen LogP contribution in [0.2, 0.25) is 0 Å². The van der Waals surface area contributed by atoms with E-state index in [9.17, 15) is 4.79 Å². The van der Waals surface area contributed by atoms with Crippen molar-refractivity contribution < 1.29 is 9.53 Å². The Morgan fingerprint density at radius 3 is 3.05 bits per heavy atom. The number of nitriles is 1. The van der Waals surface area contributed by atoms with Gasteiger partial charge in [-0.2, -0.15) is 5.26 Å². The van der Waals surface area contributed by atoms with E-state index in [0.29, 0.717) is 19.4 Å². The predicted octanol–water partition coefficient (Wildman–Crippen LogP) is 1.97. The highest BCUT2D eigenvalue weighted by molar-refractivity contribution is 5.93. The quantitative estimate of drug-likeness (QED) is 0.803. The summed E-state index contributed by atoms with van der Waals surface area (Å²) in [5, 5.41) is 11.6. The average molecular weight is 273 g/mol. The van der Waals surface area contributed by atoms with E-state index in [4.69, 9.17) is 15.7 Å². The van der Waals surface area contributed by atoms with Gasteiger partial charge in [0.15, 0.2) is 0 Å². The zero-order valence-corrected chi connectivity index (χ0v) is 11.6. The number of amides is 1. The highest BCUT2D eigenvalue weighted by Crippen LogP contribution is 2.26. The van der Waals surface area contributed by atoms with Crippen LogP contribution < -0.4 is 15.8 Å². The first-order valence-electron chi connectivity index (χ1n) is 6.76. The molecule has 3 N–H and O–H groups in total. The van der Waals surface area contributed by atoms with Gasteiger partial charge in [-0.25, -0.2) is 0 Å². The Balaban J connectivity index is 1.86. The molecular formula is C15H19N3O2. The van der Waals surface area contributed by atoms with Gasteiger partial charge in [0, 0.05) is 12.1 Å². The van der Waals surface area contributed by atoms with Gasteiger partial charge in [0.05, 0.1) is 12.7 Å². The number of carbonyl (C=O) groups is 1. The van der Waals surface area contributed by atoms with Crippen molar-refractivity contribution in [3.05, 3.63) is 23.8 Å². The Labute approximate surface area is 118 Å². The molecule has 1 aliphatic heterocycles. The first kappa shape index (κ1) is 14.4. The number of benzene rings is 1. The van der Waals surface area contributed by atoms with Crippen LogP contribution in [-0.4, -0.2) is 18.1 Å². The Hall–Kier alpha value is -2.06. The molecule has 1 atom stereocenters. The van der Waals surface area contributed by atoms with Crippen molar-refractivity contribution in [1.82, 2.24) is 0 Å². The maximum atomic E-state index is 11.3. The fraction of sp³-hybridized carbons (Fsp3) is 0.467. The second-order valence-corrected chi connectivity index (χ2v) is 5.35. The Morgan fingerprint density at radius 1 is 1.50 bits per heavy atom. The van der Waals surface area contributed by atoms with E-state index in [-0.39, 0.29) is 5.91 Å². The van der Waals surface area contributed by atoms with Gasteiger partial charge in [0.2, 0.25) is 5.91 Å². The molecule has 1 amide bonds. The van der Waals surface area contributed by atoms with Crippen LogP contribution in [0.5, 0.6) is 5.75 Å². The van der Waals surface area contributed by atoms with E-state index in [1.54, 1.807) is 6.92 Å². The molecule has 0 saturated heterocycles. The zero-order chi connectivity index (χ0) is 14.6. The van der Waals surface area contributed by atoms with Gasteiger partial charge in [-0.1, -0.05) is 0 Å². The standard InChI is InChI=1S/C15H19N3O2/c1-15(17,10-16)7-2-8-20-12-4-5-13-11(9-12)3-6-14(19)18-13/h4-5,9H,2-3,6-8,17H2,1H3,(H,18,19).